The van der Waals surface area contributed by atoms with E-state index in [-0.39, 0.29) is 5.91 Å². The zero-order chi connectivity index (χ0) is 15.4. The average Bonchev–Trinajstić information content (AvgIpc) is 2.95. The minimum absolute atomic E-state index is 0.142. The van der Waals surface area contributed by atoms with E-state index in [9.17, 15) is 4.79 Å². The maximum atomic E-state index is 12.1. The summed E-state index contributed by atoms with van der Waals surface area (Å²) in [6.07, 6.45) is 3.26. The molecule has 6 heteroatoms. The van der Waals surface area contributed by atoms with Crippen molar-refractivity contribution in [2.75, 3.05) is 31.6 Å². The Labute approximate surface area is 129 Å². The van der Waals surface area contributed by atoms with E-state index in [1.807, 2.05) is 18.2 Å². The average molecular weight is 300 g/mol. The van der Waals surface area contributed by atoms with Crippen molar-refractivity contribution in [3.63, 3.8) is 0 Å². The molecule has 22 heavy (non-hydrogen) atoms. The van der Waals surface area contributed by atoms with E-state index in [1.54, 1.807) is 24.1 Å². The molecule has 0 unspecified atom stereocenters. The van der Waals surface area contributed by atoms with E-state index in [0.717, 1.165) is 38.5 Å². The second-order valence-electron chi connectivity index (χ2n) is 5.45. The summed E-state index contributed by atoms with van der Waals surface area (Å²) < 4.78 is 6.97. The van der Waals surface area contributed by atoms with Gasteiger partial charge in [-0.1, -0.05) is 12.1 Å². The van der Waals surface area contributed by atoms with Crippen LogP contribution in [0.1, 0.15) is 15.9 Å². The van der Waals surface area contributed by atoms with Crippen LogP contribution in [0.5, 0.6) is 0 Å². The third kappa shape index (κ3) is 3.72. The van der Waals surface area contributed by atoms with E-state index >= 15 is 0 Å². The highest BCUT2D eigenvalue weighted by atomic mass is 16.5. The molecule has 1 aromatic heterocycles. The molecule has 1 aliphatic rings. The standard InChI is InChI=1S/C16H20N4O2/c1-19-12-14(10-17-19)16(21)18-15-4-2-3-13(9-15)11-20-5-7-22-8-6-20/h2-4,9-10,12H,5-8,11H2,1H3,(H,18,21). The fraction of sp³-hybridized carbons (Fsp3) is 0.375. The van der Waals surface area contributed by atoms with Gasteiger partial charge in [0.25, 0.3) is 5.91 Å². The smallest absolute Gasteiger partial charge is 0.258 e. The molecule has 1 aliphatic heterocycles. The van der Waals surface area contributed by atoms with Crippen LogP contribution in [0.25, 0.3) is 0 Å². The van der Waals surface area contributed by atoms with Crippen molar-refractivity contribution in [2.24, 2.45) is 7.05 Å². The summed E-state index contributed by atoms with van der Waals surface area (Å²) in [6.45, 7) is 4.35. The number of hydrogen-bond donors (Lipinski definition) is 1. The Morgan fingerprint density at radius 1 is 1.36 bits per heavy atom. The number of aryl methyl sites for hydroxylation is 1. The van der Waals surface area contributed by atoms with Crippen molar-refractivity contribution < 1.29 is 9.53 Å². The van der Waals surface area contributed by atoms with Crippen LogP contribution in [0.4, 0.5) is 5.69 Å². The highest BCUT2D eigenvalue weighted by molar-refractivity contribution is 6.03. The Balaban J connectivity index is 1.64. The number of benzene rings is 1. The molecule has 116 valence electrons. The van der Waals surface area contributed by atoms with Gasteiger partial charge in [0.05, 0.1) is 25.0 Å². The number of carbonyl (C=O) groups is 1. The van der Waals surface area contributed by atoms with Gasteiger partial charge < -0.3 is 10.1 Å². The molecule has 0 radical (unpaired) electrons. The quantitative estimate of drug-likeness (QED) is 0.930. The maximum absolute atomic E-state index is 12.1. The van der Waals surface area contributed by atoms with Crippen LogP contribution < -0.4 is 5.32 Å². The summed E-state index contributed by atoms with van der Waals surface area (Å²) in [5.74, 6) is -0.142. The summed E-state index contributed by atoms with van der Waals surface area (Å²) in [6, 6.07) is 7.96. The van der Waals surface area contributed by atoms with Gasteiger partial charge in [0, 0.05) is 38.6 Å². The van der Waals surface area contributed by atoms with Crippen LogP contribution in [-0.2, 0) is 18.3 Å². The van der Waals surface area contributed by atoms with Crippen LogP contribution in [0.15, 0.2) is 36.7 Å². The van der Waals surface area contributed by atoms with E-state index in [1.165, 1.54) is 5.56 Å². The lowest BCUT2D eigenvalue weighted by molar-refractivity contribution is 0.0342. The third-order valence-corrected chi connectivity index (χ3v) is 3.66. The molecule has 2 heterocycles. The van der Waals surface area contributed by atoms with Gasteiger partial charge in [0.2, 0.25) is 0 Å². The van der Waals surface area contributed by atoms with Gasteiger partial charge in [-0.05, 0) is 17.7 Å². The van der Waals surface area contributed by atoms with Gasteiger partial charge >= 0.3 is 0 Å². The van der Waals surface area contributed by atoms with Gasteiger partial charge in [-0.3, -0.25) is 14.4 Å². The number of amides is 1. The van der Waals surface area contributed by atoms with Crippen molar-refractivity contribution >= 4 is 11.6 Å². The summed E-state index contributed by atoms with van der Waals surface area (Å²) in [5, 5.41) is 6.93. The molecule has 1 aromatic carbocycles. The Bertz CT molecular complexity index is 647. The minimum atomic E-state index is -0.142. The number of morpholine rings is 1. The van der Waals surface area contributed by atoms with E-state index in [0.29, 0.717) is 5.56 Å². The van der Waals surface area contributed by atoms with Gasteiger partial charge in [0.1, 0.15) is 0 Å². The lowest BCUT2D eigenvalue weighted by Gasteiger charge is -2.26. The number of hydrogen-bond acceptors (Lipinski definition) is 4. The predicted molar refractivity (Wildman–Crippen MR) is 83.7 cm³/mol. The SMILES string of the molecule is Cn1cc(C(=O)Nc2cccc(CN3CCOCC3)c2)cn1. The van der Waals surface area contributed by atoms with Crippen molar-refractivity contribution in [3.05, 3.63) is 47.8 Å². The largest absolute Gasteiger partial charge is 0.379 e. The first-order valence-electron chi connectivity index (χ1n) is 7.40. The molecule has 1 fully saturated rings. The predicted octanol–water partition coefficient (Wildman–Crippen LogP) is 1.50. The van der Waals surface area contributed by atoms with Crippen LogP contribution in [-0.4, -0.2) is 46.9 Å². The molecule has 1 N–H and O–H groups in total. The van der Waals surface area contributed by atoms with Crippen molar-refractivity contribution in [1.82, 2.24) is 14.7 Å². The van der Waals surface area contributed by atoms with E-state index < -0.39 is 0 Å². The van der Waals surface area contributed by atoms with E-state index in [2.05, 4.69) is 21.4 Å². The lowest BCUT2D eigenvalue weighted by Crippen LogP contribution is -2.35. The summed E-state index contributed by atoms with van der Waals surface area (Å²) in [7, 11) is 1.79. The molecular formula is C16H20N4O2. The first kappa shape index (κ1) is 14.7. The molecule has 6 nitrogen and oxygen atoms in total. The van der Waals surface area contributed by atoms with Crippen LogP contribution >= 0.6 is 0 Å². The molecule has 3 rings (SSSR count). The highest BCUT2D eigenvalue weighted by Crippen LogP contribution is 2.14. The lowest BCUT2D eigenvalue weighted by atomic mass is 10.1. The molecular weight excluding hydrogens is 280 g/mol. The number of ether oxygens (including phenoxy) is 1. The topological polar surface area (TPSA) is 59.4 Å². The van der Waals surface area contributed by atoms with Gasteiger partial charge in [0.15, 0.2) is 0 Å². The third-order valence-electron chi connectivity index (χ3n) is 3.66. The molecule has 0 saturated carbocycles. The normalized spacial score (nSPS) is 15.7. The monoisotopic (exact) mass is 300 g/mol. The fourth-order valence-corrected chi connectivity index (χ4v) is 2.51. The van der Waals surface area contributed by atoms with Crippen LogP contribution in [0.3, 0.4) is 0 Å². The van der Waals surface area contributed by atoms with Crippen molar-refractivity contribution in [1.29, 1.82) is 0 Å². The zero-order valence-electron chi connectivity index (χ0n) is 12.7. The second-order valence-corrected chi connectivity index (χ2v) is 5.45. The molecule has 0 aliphatic carbocycles. The number of nitrogens with zero attached hydrogens (tertiary/aromatic N) is 3. The first-order chi connectivity index (χ1) is 10.7. The molecule has 0 bridgehead atoms. The number of nitrogens with one attached hydrogen (secondary N) is 1. The number of anilines is 1. The van der Waals surface area contributed by atoms with Crippen molar-refractivity contribution in [2.45, 2.75) is 6.54 Å². The Hall–Kier alpha value is -2.18. The van der Waals surface area contributed by atoms with Crippen LogP contribution in [0, 0.1) is 0 Å². The molecule has 1 saturated heterocycles. The molecule has 1 amide bonds. The summed E-state index contributed by atoms with van der Waals surface area (Å²) >= 11 is 0. The first-order valence-corrected chi connectivity index (χ1v) is 7.40. The second kappa shape index (κ2) is 6.72. The van der Waals surface area contributed by atoms with E-state index in [4.69, 9.17) is 4.74 Å². The number of rotatable bonds is 4. The molecule has 0 spiro atoms. The van der Waals surface area contributed by atoms with Crippen molar-refractivity contribution in [3.8, 4) is 0 Å². The minimum Gasteiger partial charge on any atom is -0.379 e. The highest BCUT2D eigenvalue weighted by Gasteiger charge is 2.12. The van der Waals surface area contributed by atoms with Crippen LogP contribution in [0.2, 0.25) is 0 Å². The fourth-order valence-electron chi connectivity index (χ4n) is 2.51. The van der Waals surface area contributed by atoms with Gasteiger partial charge in [-0.15, -0.1) is 0 Å². The van der Waals surface area contributed by atoms with Gasteiger partial charge in [-0.2, -0.15) is 5.10 Å². The zero-order valence-corrected chi connectivity index (χ0v) is 12.7. The maximum Gasteiger partial charge on any atom is 0.258 e. The van der Waals surface area contributed by atoms with Gasteiger partial charge in [-0.25, -0.2) is 0 Å². The molecule has 0 atom stereocenters. The molecule has 2 aromatic rings. The number of carbonyl (C=O) groups excluding carboxylic acids is 1. The Kier molecular flexibility index (Phi) is 4.50. The Morgan fingerprint density at radius 3 is 2.91 bits per heavy atom. The summed E-state index contributed by atoms with van der Waals surface area (Å²) in [4.78, 5) is 14.5. The summed E-state index contributed by atoms with van der Waals surface area (Å²) in [5.41, 5.74) is 2.55. The number of aromatic nitrogens is 2. The Morgan fingerprint density at radius 2 is 2.18 bits per heavy atom.